The van der Waals surface area contributed by atoms with E-state index in [1.54, 1.807) is 72.0 Å². The second-order valence-electron chi connectivity index (χ2n) is 7.36. The van der Waals surface area contributed by atoms with Crippen molar-refractivity contribution in [2.75, 3.05) is 6.54 Å². The molecule has 3 aromatic carbocycles. The molecule has 0 N–H and O–H groups in total. The summed E-state index contributed by atoms with van der Waals surface area (Å²) in [5, 5.41) is 0. The van der Waals surface area contributed by atoms with Crippen LogP contribution in [0.3, 0.4) is 0 Å². The monoisotopic (exact) mass is 396 g/mol. The molecular weight excluding hydrogens is 374 g/mol. The minimum atomic E-state index is -0.786. The molecule has 1 saturated heterocycles. The Balaban J connectivity index is 1.63. The van der Waals surface area contributed by atoms with Crippen LogP contribution in [0.25, 0.3) is 0 Å². The SMILES string of the molecule is O=C(c1ccccc1)C1[CH]C(C(=O)c2ccccc2)N(C(=O)c2ccccc2)CC1. The molecule has 0 saturated carbocycles. The van der Waals surface area contributed by atoms with Crippen molar-refractivity contribution in [3.05, 3.63) is 114 Å². The zero-order chi connectivity index (χ0) is 20.9. The Morgan fingerprint density at radius 1 is 0.633 bits per heavy atom. The van der Waals surface area contributed by atoms with Gasteiger partial charge in [-0.25, -0.2) is 0 Å². The van der Waals surface area contributed by atoms with E-state index in [1.165, 1.54) is 0 Å². The topological polar surface area (TPSA) is 54.5 Å². The first kappa shape index (κ1) is 19.8. The normalized spacial score (nSPS) is 18.6. The third kappa shape index (κ3) is 4.08. The van der Waals surface area contributed by atoms with Crippen molar-refractivity contribution in [3.63, 3.8) is 0 Å². The molecule has 2 unspecified atom stereocenters. The van der Waals surface area contributed by atoms with Crippen LogP contribution in [0.2, 0.25) is 0 Å². The number of carbonyl (C=O) groups excluding carboxylic acids is 3. The van der Waals surface area contributed by atoms with E-state index in [2.05, 4.69) is 0 Å². The van der Waals surface area contributed by atoms with Gasteiger partial charge in [0.05, 0.1) is 6.04 Å². The summed E-state index contributed by atoms with van der Waals surface area (Å²) in [4.78, 5) is 41.1. The van der Waals surface area contributed by atoms with Gasteiger partial charge in [0.15, 0.2) is 11.6 Å². The number of Topliss-reactive ketones (excluding diaryl/α,β-unsaturated/α-hetero) is 2. The van der Waals surface area contributed by atoms with Gasteiger partial charge in [0, 0.05) is 35.6 Å². The highest BCUT2D eigenvalue weighted by molar-refractivity contribution is 6.07. The van der Waals surface area contributed by atoms with Crippen molar-refractivity contribution in [1.82, 2.24) is 4.90 Å². The van der Waals surface area contributed by atoms with E-state index in [1.807, 2.05) is 30.3 Å². The number of rotatable bonds is 5. The maximum Gasteiger partial charge on any atom is 0.254 e. The van der Waals surface area contributed by atoms with Crippen LogP contribution < -0.4 is 0 Å². The molecule has 1 amide bonds. The third-order valence-electron chi connectivity index (χ3n) is 5.44. The lowest BCUT2D eigenvalue weighted by molar-refractivity contribution is 0.0559. The number of nitrogens with zero attached hydrogens (tertiary/aromatic N) is 1. The van der Waals surface area contributed by atoms with Crippen LogP contribution in [-0.4, -0.2) is 35.0 Å². The molecule has 3 aromatic rings. The zero-order valence-electron chi connectivity index (χ0n) is 16.5. The van der Waals surface area contributed by atoms with Crippen molar-refractivity contribution in [3.8, 4) is 0 Å². The number of hydrogen-bond donors (Lipinski definition) is 0. The fourth-order valence-corrected chi connectivity index (χ4v) is 3.85. The van der Waals surface area contributed by atoms with Crippen LogP contribution in [0, 0.1) is 12.3 Å². The van der Waals surface area contributed by atoms with E-state index in [0.29, 0.717) is 29.7 Å². The highest BCUT2D eigenvalue weighted by atomic mass is 16.2. The van der Waals surface area contributed by atoms with Gasteiger partial charge in [-0.2, -0.15) is 0 Å². The highest BCUT2D eigenvalue weighted by Crippen LogP contribution is 2.29. The van der Waals surface area contributed by atoms with Crippen LogP contribution in [0.15, 0.2) is 91.0 Å². The summed E-state index contributed by atoms with van der Waals surface area (Å²) in [5.74, 6) is -0.810. The number of ketones is 2. The van der Waals surface area contributed by atoms with Crippen LogP contribution in [0.1, 0.15) is 37.5 Å². The van der Waals surface area contributed by atoms with Crippen molar-refractivity contribution in [1.29, 1.82) is 0 Å². The Hall–Kier alpha value is -3.53. The van der Waals surface area contributed by atoms with Gasteiger partial charge in [-0.05, 0) is 18.6 Å². The first-order chi connectivity index (χ1) is 14.6. The summed E-state index contributed by atoms with van der Waals surface area (Å²) in [5.41, 5.74) is 1.68. The molecule has 0 aromatic heterocycles. The molecule has 4 rings (SSSR count). The molecule has 4 nitrogen and oxygen atoms in total. The second-order valence-corrected chi connectivity index (χ2v) is 7.36. The van der Waals surface area contributed by atoms with Crippen LogP contribution in [-0.2, 0) is 0 Å². The summed E-state index contributed by atoms with van der Waals surface area (Å²) in [7, 11) is 0. The number of likely N-dealkylation sites (tertiary alicyclic amines) is 1. The first-order valence-corrected chi connectivity index (χ1v) is 10.0. The maximum atomic E-state index is 13.3. The average molecular weight is 396 g/mol. The third-order valence-corrected chi connectivity index (χ3v) is 5.44. The first-order valence-electron chi connectivity index (χ1n) is 10.0. The molecule has 1 heterocycles. The second kappa shape index (κ2) is 8.87. The van der Waals surface area contributed by atoms with Crippen molar-refractivity contribution < 1.29 is 14.4 Å². The summed E-state index contributed by atoms with van der Waals surface area (Å²) < 4.78 is 0. The summed E-state index contributed by atoms with van der Waals surface area (Å²) in [6.45, 7) is 0.344. The van der Waals surface area contributed by atoms with E-state index in [9.17, 15) is 14.4 Å². The molecule has 1 aliphatic rings. The molecule has 1 aliphatic heterocycles. The quantitative estimate of drug-likeness (QED) is 0.597. The Bertz CT molecular complexity index is 1030. The van der Waals surface area contributed by atoms with E-state index < -0.39 is 12.0 Å². The smallest absolute Gasteiger partial charge is 0.254 e. The lowest BCUT2D eigenvalue weighted by Crippen LogP contribution is -2.51. The fourth-order valence-electron chi connectivity index (χ4n) is 3.85. The summed E-state index contributed by atoms with van der Waals surface area (Å²) >= 11 is 0. The number of benzene rings is 3. The molecule has 1 radical (unpaired) electrons. The molecule has 2 atom stereocenters. The number of amides is 1. The molecule has 4 heteroatoms. The Morgan fingerprint density at radius 3 is 1.63 bits per heavy atom. The minimum absolute atomic E-state index is 0.0201. The highest BCUT2D eigenvalue weighted by Gasteiger charge is 2.39. The maximum absolute atomic E-state index is 13.3. The van der Waals surface area contributed by atoms with Gasteiger partial charge >= 0.3 is 0 Å². The van der Waals surface area contributed by atoms with E-state index in [-0.39, 0.29) is 17.5 Å². The van der Waals surface area contributed by atoms with Gasteiger partial charge in [-0.1, -0.05) is 78.9 Å². The minimum Gasteiger partial charge on any atom is -0.328 e. The Morgan fingerprint density at radius 2 is 1.10 bits per heavy atom. The molecular formula is C26H22NO3. The molecule has 149 valence electrons. The Kier molecular flexibility index (Phi) is 5.84. The van der Waals surface area contributed by atoms with Gasteiger partial charge in [0.2, 0.25) is 0 Å². The predicted octanol–water partition coefficient (Wildman–Crippen LogP) is 4.49. The number of hydrogen-bond acceptors (Lipinski definition) is 3. The molecule has 0 spiro atoms. The molecule has 1 fully saturated rings. The predicted molar refractivity (Wildman–Crippen MR) is 115 cm³/mol. The van der Waals surface area contributed by atoms with Crippen LogP contribution >= 0.6 is 0 Å². The number of piperidine rings is 1. The molecule has 0 bridgehead atoms. The number of carbonyl (C=O) groups is 3. The van der Waals surface area contributed by atoms with Gasteiger partial charge in [0.25, 0.3) is 5.91 Å². The van der Waals surface area contributed by atoms with Crippen LogP contribution in [0.5, 0.6) is 0 Å². The van der Waals surface area contributed by atoms with Crippen LogP contribution in [0.4, 0.5) is 0 Å². The van der Waals surface area contributed by atoms with E-state index in [4.69, 9.17) is 0 Å². The average Bonchev–Trinajstić information content (AvgIpc) is 2.84. The standard InChI is InChI=1S/C26H22NO3/c28-24(19-10-4-1-5-11-19)22-16-17-27(26(30)21-14-8-3-9-15-21)23(18-22)25(29)20-12-6-2-7-13-20/h1-15,18,22-23H,16-17H2. The largest absolute Gasteiger partial charge is 0.328 e. The van der Waals surface area contributed by atoms with Crippen molar-refractivity contribution >= 4 is 17.5 Å². The fraction of sp³-hybridized carbons (Fsp3) is 0.154. The molecule has 30 heavy (non-hydrogen) atoms. The van der Waals surface area contributed by atoms with Gasteiger partial charge < -0.3 is 4.90 Å². The molecule has 0 aliphatic carbocycles. The van der Waals surface area contributed by atoms with Crippen molar-refractivity contribution in [2.45, 2.75) is 12.5 Å². The van der Waals surface area contributed by atoms with Gasteiger partial charge in [0.1, 0.15) is 0 Å². The summed E-state index contributed by atoms with van der Waals surface area (Å²) in [6.07, 6.45) is 2.24. The van der Waals surface area contributed by atoms with Crippen molar-refractivity contribution in [2.24, 2.45) is 5.92 Å². The van der Waals surface area contributed by atoms with Gasteiger partial charge in [-0.3, -0.25) is 14.4 Å². The zero-order valence-corrected chi connectivity index (χ0v) is 16.5. The van der Waals surface area contributed by atoms with E-state index >= 15 is 0 Å². The van der Waals surface area contributed by atoms with Gasteiger partial charge in [-0.15, -0.1) is 0 Å². The lowest BCUT2D eigenvalue weighted by Gasteiger charge is -2.38. The Labute approximate surface area is 176 Å². The lowest BCUT2D eigenvalue weighted by atomic mass is 9.82. The van der Waals surface area contributed by atoms with E-state index in [0.717, 1.165) is 0 Å². The summed E-state index contributed by atoms with van der Waals surface area (Å²) in [6, 6.07) is 26.2.